The van der Waals surface area contributed by atoms with Gasteiger partial charge in [-0.3, -0.25) is 12.2 Å². The summed E-state index contributed by atoms with van der Waals surface area (Å²) in [5.74, 6) is 0. The van der Waals surface area contributed by atoms with Crippen LogP contribution in [-0.4, -0.2) is 6.19 Å². The van der Waals surface area contributed by atoms with Gasteiger partial charge >= 0.3 is 38.5 Å². The van der Waals surface area contributed by atoms with Crippen LogP contribution < -0.4 is 24.8 Å². The van der Waals surface area contributed by atoms with E-state index in [4.69, 9.17) is 0 Å². The molecule has 0 fully saturated rings. The van der Waals surface area contributed by atoms with Gasteiger partial charge in [-0.1, -0.05) is 93.9 Å². The third kappa shape index (κ3) is 17.9. The molecule has 0 radical (unpaired) electrons. The molecule has 2 aliphatic carbocycles. The molecular weight excluding hydrogens is 483 g/mol. The third-order valence-corrected chi connectivity index (χ3v) is 5.23. The normalized spacial score (nSPS) is 14.9. The van der Waals surface area contributed by atoms with E-state index in [2.05, 4.69) is 112 Å². The number of hydrogen-bond donors (Lipinski definition) is 0. The average molecular weight is 532 g/mol. The van der Waals surface area contributed by atoms with E-state index in [1.807, 2.05) is 0 Å². The van der Waals surface area contributed by atoms with Gasteiger partial charge in [0, 0.05) is 0 Å². The van der Waals surface area contributed by atoms with Crippen molar-refractivity contribution in [2.45, 2.75) is 120 Å². The van der Waals surface area contributed by atoms with E-state index in [9.17, 15) is 0 Å². The molecule has 2 rings (SSSR count). The smallest absolute Gasteiger partial charge is 1.00 e. The van der Waals surface area contributed by atoms with Gasteiger partial charge in [0.15, 0.2) is 0 Å². The standard InChI is InChI=1S/2C13H21.C2H6Si.2ClH.Ti/c2*1-5-6-7-11-8-9-12(10-11)13(2,3)4;1-3-2;;;/h2*10H,5-7,9H2,1-4H3;1-2H3;2*1H;/q2*-1;;;;+2/p-2. The summed E-state index contributed by atoms with van der Waals surface area (Å²) in [5.41, 5.74) is 6.62. The SMILES string of the molecule is CCCCC1=[C-]CC(C(C)(C)C)=C1.CCCCC1=[C-]CC(C(C)(C)C)=C1.C[Si](C)=[Ti+2].[Cl-].[Cl-]. The minimum atomic E-state index is 0. The van der Waals surface area contributed by atoms with Gasteiger partial charge in [-0.15, -0.1) is 12.8 Å². The molecule has 0 unspecified atom stereocenters. The fraction of sp³-hybridized carbons (Fsp3) is 0.714. The number of hydrogen-bond acceptors (Lipinski definition) is 0. The first-order valence-electron chi connectivity index (χ1n) is 11.9. The summed E-state index contributed by atoms with van der Waals surface area (Å²) >= 11 is 2.27. The maximum absolute atomic E-state index is 3.47. The Kier molecular flexibility index (Phi) is 21.7. The molecule has 0 aliphatic heterocycles. The second kappa shape index (κ2) is 18.8. The predicted molar refractivity (Wildman–Crippen MR) is 134 cm³/mol. The molecule has 0 bridgehead atoms. The van der Waals surface area contributed by atoms with Gasteiger partial charge in [0.2, 0.25) is 0 Å². The van der Waals surface area contributed by atoms with Gasteiger partial charge in [-0.2, -0.15) is 11.1 Å². The van der Waals surface area contributed by atoms with Crippen LogP contribution in [0.5, 0.6) is 0 Å². The molecular formula is C28H48Cl2SiTi-2. The van der Waals surface area contributed by atoms with E-state index in [1.54, 1.807) is 11.1 Å². The van der Waals surface area contributed by atoms with Crippen molar-refractivity contribution in [3.63, 3.8) is 0 Å². The van der Waals surface area contributed by atoms with Gasteiger partial charge in [-0.25, -0.2) is 23.3 Å². The Bertz CT molecular complexity index is 600. The summed E-state index contributed by atoms with van der Waals surface area (Å²) in [5, 5.41) is 0. The molecule has 0 N–H and O–H groups in total. The Morgan fingerprint density at radius 3 is 1.22 bits per heavy atom. The van der Waals surface area contributed by atoms with Gasteiger partial charge in [0.1, 0.15) is 0 Å². The Labute approximate surface area is 226 Å². The fourth-order valence-corrected chi connectivity index (χ4v) is 3.06. The minimum Gasteiger partial charge on any atom is -1.00 e. The van der Waals surface area contributed by atoms with E-state index in [-0.39, 0.29) is 31.0 Å². The Morgan fingerprint density at radius 1 is 0.750 bits per heavy atom. The van der Waals surface area contributed by atoms with Crippen molar-refractivity contribution in [3.8, 4) is 0 Å². The summed E-state index contributed by atoms with van der Waals surface area (Å²) in [6.45, 7) is 22.7. The van der Waals surface area contributed by atoms with Crippen LogP contribution in [0.15, 0.2) is 34.4 Å². The molecule has 0 heterocycles. The first kappa shape index (κ1) is 37.0. The van der Waals surface area contributed by atoms with Crippen molar-refractivity contribution in [1.82, 2.24) is 0 Å². The first-order chi connectivity index (χ1) is 13.8. The molecule has 184 valence electrons. The van der Waals surface area contributed by atoms with E-state index >= 15 is 0 Å². The largest absolute Gasteiger partial charge is 1.00 e. The second-order valence-electron chi connectivity index (χ2n) is 10.8. The minimum absolute atomic E-state index is 0. The Morgan fingerprint density at radius 2 is 1.03 bits per heavy atom. The molecule has 0 amide bonds. The van der Waals surface area contributed by atoms with Crippen molar-refractivity contribution >= 4 is 6.19 Å². The topological polar surface area (TPSA) is 0 Å². The number of allylic oxidation sites excluding steroid dienone is 8. The zero-order valence-corrected chi connectivity index (χ0v) is 26.6. The third-order valence-electron chi connectivity index (χ3n) is 5.23. The van der Waals surface area contributed by atoms with Gasteiger partial charge < -0.3 is 24.8 Å². The van der Waals surface area contributed by atoms with E-state index in [0.717, 1.165) is 12.8 Å². The summed E-state index contributed by atoms with van der Waals surface area (Å²) in [4.78, 5) is 0. The molecule has 0 atom stereocenters. The number of halogens is 2. The summed E-state index contributed by atoms with van der Waals surface area (Å²) < 4.78 is 0. The van der Waals surface area contributed by atoms with E-state index in [1.165, 1.54) is 49.7 Å². The molecule has 4 heteroatoms. The predicted octanol–water partition coefficient (Wildman–Crippen LogP) is 3.36. The monoisotopic (exact) mass is 530 g/mol. The Hall–Kier alpha value is 0.471. The summed E-state index contributed by atoms with van der Waals surface area (Å²) in [6.07, 6.45) is 21.5. The van der Waals surface area contributed by atoms with Crippen molar-refractivity contribution < 1.29 is 44.0 Å². The maximum atomic E-state index is 3.47. The second-order valence-corrected chi connectivity index (χ2v) is 17.5. The molecule has 0 spiro atoms. The summed E-state index contributed by atoms with van der Waals surface area (Å²) in [6, 6.07) is 0. The average Bonchev–Trinajstić information content (AvgIpc) is 3.27. The van der Waals surface area contributed by atoms with Crippen LogP contribution in [0.1, 0.15) is 107 Å². The zero-order valence-electron chi connectivity index (χ0n) is 22.6. The van der Waals surface area contributed by atoms with Crippen LogP contribution in [0, 0.1) is 23.0 Å². The van der Waals surface area contributed by atoms with Crippen LogP contribution in [0.2, 0.25) is 13.1 Å². The summed E-state index contributed by atoms with van der Waals surface area (Å²) in [7, 11) is 0. The van der Waals surface area contributed by atoms with Gasteiger partial charge in [0.25, 0.3) is 0 Å². The number of unbranched alkanes of at least 4 members (excludes halogenated alkanes) is 2. The fourth-order valence-electron chi connectivity index (χ4n) is 3.06. The number of rotatable bonds is 6. The van der Waals surface area contributed by atoms with Gasteiger partial charge in [0.05, 0.1) is 0 Å². The molecule has 0 aromatic heterocycles. The van der Waals surface area contributed by atoms with E-state index < -0.39 is 0 Å². The zero-order chi connectivity index (χ0) is 23.4. The van der Waals surface area contributed by atoms with Crippen molar-refractivity contribution in [2.24, 2.45) is 10.8 Å². The molecule has 2 aliphatic rings. The molecule has 0 saturated carbocycles. The van der Waals surface area contributed by atoms with Crippen LogP contribution in [-0.2, 0) is 19.2 Å². The van der Waals surface area contributed by atoms with E-state index in [0.29, 0.717) is 10.8 Å². The quantitative estimate of drug-likeness (QED) is 0.365. The Balaban J connectivity index is -0.000000428. The van der Waals surface area contributed by atoms with Crippen molar-refractivity contribution in [2.75, 3.05) is 0 Å². The first-order valence-corrected chi connectivity index (χ1v) is 16.8. The van der Waals surface area contributed by atoms with Crippen LogP contribution in [0.4, 0.5) is 0 Å². The van der Waals surface area contributed by atoms with Crippen molar-refractivity contribution in [3.05, 3.63) is 46.6 Å². The molecule has 32 heavy (non-hydrogen) atoms. The van der Waals surface area contributed by atoms with Crippen LogP contribution in [0.25, 0.3) is 0 Å². The van der Waals surface area contributed by atoms with Crippen LogP contribution >= 0.6 is 0 Å². The van der Waals surface area contributed by atoms with Crippen LogP contribution in [0.3, 0.4) is 0 Å². The molecule has 0 nitrogen and oxygen atoms in total. The molecule has 0 saturated heterocycles. The maximum Gasteiger partial charge on any atom is -1.00 e. The van der Waals surface area contributed by atoms with Gasteiger partial charge in [-0.05, 0) is 10.8 Å². The molecule has 0 aromatic rings. The molecule has 0 aromatic carbocycles. The van der Waals surface area contributed by atoms with Crippen molar-refractivity contribution in [1.29, 1.82) is 0 Å².